The SMILES string of the molecule is CCN(CCOC)c1ccc(N[C@@H](CCC(N)=O)C(=O)O)c(C)c1. The molecule has 0 bridgehead atoms. The van der Waals surface area contributed by atoms with Crippen LogP contribution in [-0.4, -0.2) is 49.8 Å². The van der Waals surface area contributed by atoms with E-state index in [0.29, 0.717) is 6.61 Å². The van der Waals surface area contributed by atoms with Gasteiger partial charge in [0, 0.05) is 38.0 Å². The molecule has 1 amide bonds. The molecule has 4 N–H and O–H groups in total. The number of ether oxygens (including phenoxy) is 1. The lowest BCUT2D eigenvalue weighted by atomic mass is 10.1. The van der Waals surface area contributed by atoms with Crippen LogP contribution in [-0.2, 0) is 14.3 Å². The molecule has 0 spiro atoms. The van der Waals surface area contributed by atoms with Gasteiger partial charge in [-0.05, 0) is 44.0 Å². The molecular formula is C17H27N3O4. The number of anilines is 2. The van der Waals surface area contributed by atoms with Crippen LogP contribution in [0.1, 0.15) is 25.3 Å². The van der Waals surface area contributed by atoms with Crippen LogP contribution in [0.25, 0.3) is 0 Å². The van der Waals surface area contributed by atoms with Crippen molar-refractivity contribution in [2.24, 2.45) is 5.73 Å². The van der Waals surface area contributed by atoms with E-state index in [-0.39, 0.29) is 12.8 Å². The van der Waals surface area contributed by atoms with Crippen LogP contribution in [0.5, 0.6) is 0 Å². The average molecular weight is 337 g/mol. The third-order valence-corrected chi connectivity index (χ3v) is 3.83. The van der Waals surface area contributed by atoms with Crippen LogP contribution in [0, 0.1) is 6.92 Å². The lowest BCUT2D eigenvalue weighted by Gasteiger charge is -2.24. The molecule has 0 aliphatic heterocycles. The zero-order valence-corrected chi connectivity index (χ0v) is 14.5. The van der Waals surface area contributed by atoms with Gasteiger partial charge in [-0.25, -0.2) is 4.79 Å². The van der Waals surface area contributed by atoms with E-state index in [1.54, 1.807) is 7.11 Å². The van der Waals surface area contributed by atoms with E-state index in [0.717, 1.165) is 30.0 Å². The molecule has 7 heteroatoms. The number of nitrogens with zero attached hydrogens (tertiary/aromatic N) is 1. The van der Waals surface area contributed by atoms with Crippen LogP contribution >= 0.6 is 0 Å². The Morgan fingerprint density at radius 3 is 2.62 bits per heavy atom. The maximum Gasteiger partial charge on any atom is 0.326 e. The molecule has 134 valence electrons. The van der Waals surface area contributed by atoms with Crippen molar-refractivity contribution in [1.29, 1.82) is 0 Å². The molecule has 0 radical (unpaired) electrons. The van der Waals surface area contributed by atoms with Gasteiger partial charge in [-0.15, -0.1) is 0 Å². The fraction of sp³-hybridized carbons (Fsp3) is 0.529. The van der Waals surface area contributed by atoms with Crippen molar-refractivity contribution in [2.45, 2.75) is 32.7 Å². The molecular weight excluding hydrogens is 310 g/mol. The minimum absolute atomic E-state index is 0.0295. The third-order valence-electron chi connectivity index (χ3n) is 3.83. The summed E-state index contributed by atoms with van der Waals surface area (Å²) in [5.41, 5.74) is 7.83. The highest BCUT2D eigenvalue weighted by Crippen LogP contribution is 2.24. The number of aliphatic carboxylic acids is 1. The number of likely N-dealkylation sites (N-methyl/N-ethyl adjacent to an activating group) is 1. The van der Waals surface area contributed by atoms with E-state index >= 15 is 0 Å². The van der Waals surface area contributed by atoms with Gasteiger partial charge in [0.25, 0.3) is 0 Å². The van der Waals surface area contributed by atoms with Crippen molar-refractivity contribution < 1.29 is 19.4 Å². The van der Waals surface area contributed by atoms with Crippen LogP contribution in [0.2, 0.25) is 0 Å². The Morgan fingerprint density at radius 2 is 2.12 bits per heavy atom. The van der Waals surface area contributed by atoms with E-state index in [1.807, 2.05) is 25.1 Å². The van der Waals surface area contributed by atoms with Gasteiger partial charge in [0.2, 0.25) is 5.91 Å². The first-order chi connectivity index (χ1) is 11.4. The number of carbonyl (C=O) groups is 2. The highest BCUT2D eigenvalue weighted by molar-refractivity contribution is 5.80. The predicted octanol–water partition coefficient (Wildman–Crippen LogP) is 1.60. The number of nitrogens with one attached hydrogen (secondary N) is 1. The lowest BCUT2D eigenvalue weighted by Crippen LogP contribution is -2.31. The number of primary amides is 1. The number of nitrogens with two attached hydrogens (primary N) is 1. The van der Waals surface area contributed by atoms with Gasteiger partial charge in [-0.1, -0.05) is 0 Å². The standard InChI is InChI=1S/C17H27N3O4/c1-4-20(9-10-24-3)13-5-6-14(12(2)11-13)19-15(17(22)23)7-8-16(18)21/h5-6,11,15,19H,4,7-10H2,1-3H3,(H2,18,21)(H,22,23)/t15-/m0/s1. The summed E-state index contributed by atoms with van der Waals surface area (Å²) in [7, 11) is 1.67. The predicted molar refractivity (Wildman–Crippen MR) is 94.4 cm³/mol. The molecule has 0 fully saturated rings. The van der Waals surface area contributed by atoms with E-state index in [4.69, 9.17) is 10.5 Å². The lowest BCUT2D eigenvalue weighted by molar-refractivity contribution is -0.138. The Labute approximate surface area is 142 Å². The summed E-state index contributed by atoms with van der Waals surface area (Å²) in [6.45, 7) is 6.27. The average Bonchev–Trinajstić information content (AvgIpc) is 2.53. The summed E-state index contributed by atoms with van der Waals surface area (Å²) in [5.74, 6) is -1.51. The van der Waals surface area contributed by atoms with Crippen molar-refractivity contribution in [3.63, 3.8) is 0 Å². The zero-order chi connectivity index (χ0) is 18.1. The van der Waals surface area contributed by atoms with Crippen LogP contribution in [0.3, 0.4) is 0 Å². The number of carbonyl (C=O) groups excluding carboxylic acids is 1. The normalized spacial score (nSPS) is 11.8. The summed E-state index contributed by atoms with van der Waals surface area (Å²) in [6, 6.07) is 4.97. The number of methoxy groups -OCH3 is 1. The van der Waals surface area contributed by atoms with Gasteiger partial charge < -0.3 is 25.8 Å². The second kappa shape index (κ2) is 9.77. The Hall–Kier alpha value is -2.28. The number of hydrogen-bond donors (Lipinski definition) is 3. The van der Waals surface area contributed by atoms with Crippen molar-refractivity contribution in [3.8, 4) is 0 Å². The fourth-order valence-electron chi connectivity index (χ4n) is 2.41. The van der Waals surface area contributed by atoms with Crippen LogP contribution in [0.15, 0.2) is 18.2 Å². The smallest absolute Gasteiger partial charge is 0.326 e. The van der Waals surface area contributed by atoms with Gasteiger partial charge >= 0.3 is 5.97 Å². The van der Waals surface area contributed by atoms with E-state index in [1.165, 1.54) is 0 Å². The maximum atomic E-state index is 11.3. The van der Waals surface area contributed by atoms with E-state index in [2.05, 4.69) is 17.1 Å². The number of benzene rings is 1. The largest absolute Gasteiger partial charge is 0.480 e. The number of amides is 1. The summed E-state index contributed by atoms with van der Waals surface area (Å²) >= 11 is 0. The minimum Gasteiger partial charge on any atom is -0.480 e. The number of hydrogen-bond acceptors (Lipinski definition) is 5. The van der Waals surface area contributed by atoms with Crippen molar-refractivity contribution in [1.82, 2.24) is 0 Å². The molecule has 0 aliphatic rings. The molecule has 24 heavy (non-hydrogen) atoms. The monoisotopic (exact) mass is 337 g/mol. The Balaban J connectivity index is 2.85. The van der Waals surface area contributed by atoms with Gasteiger partial charge in [0.15, 0.2) is 0 Å². The summed E-state index contributed by atoms with van der Waals surface area (Å²) < 4.78 is 5.12. The molecule has 0 saturated carbocycles. The number of aryl methyl sites for hydroxylation is 1. The first-order valence-electron chi connectivity index (χ1n) is 8.01. The quantitative estimate of drug-likeness (QED) is 0.566. The third kappa shape index (κ3) is 6.08. The van der Waals surface area contributed by atoms with E-state index < -0.39 is 17.9 Å². The minimum atomic E-state index is -1.00. The molecule has 0 heterocycles. The number of carboxylic acids is 1. The summed E-state index contributed by atoms with van der Waals surface area (Å²) in [6.07, 6.45) is 0.183. The highest BCUT2D eigenvalue weighted by atomic mass is 16.5. The van der Waals surface area contributed by atoms with Gasteiger partial charge in [0.1, 0.15) is 6.04 Å². The molecule has 1 rings (SSSR count). The number of carboxylic acid groups (broad SMARTS) is 1. The zero-order valence-electron chi connectivity index (χ0n) is 14.5. The second-order valence-corrected chi connectivity index (χ2v) is 5.61. The Morgan fingerprint density at radius 1 is 1.42 bits per heavy atom. The molecule has 0 saturated heterocycles. The van der Waals surface area contributed by atoms with Gasteiger partial charge in [-0.3, -0.25) is 4.79 Å². The van der Waals surface area contributed by atoms with E-state index in [9.17, 15) is 14.7 Å². The number of rotatable bonds is 11. The first kappa shape index (κ1) is 19.8. The highest BCUT2D eigenvalue weighted by Gasteiger charge is 2.19. The molecule has 1 aromatic carbocycles. The summed E-state index contributed by atoms with van der Waals surface area (Å²) in [4.78, 5) is 24.4. The second-order valence-electron chi connectivity index (χ2n) is 5.61. The van der Waals surface area contributed by atoms with Crippen molar-refractivity contribution in [2.75, 3.05) is 37.0 Å². The Bertz CT molecular complexity index is 563. The fourth-order valence-corrected chi connectivity index (χ4v) is 2.41. The van der Waals surface area contributed by atoms with Crippen molar-refractivity contribution in [3.05, 3.63) is 23.8 Å². The molecule has 1 atom stereocenters. The summed E-state index contributed by atoms with van der Waals surface area (Å²) in [5, 5.41) is 12.3. The molecule has 7 nitrogen and oxygen atoms in total. The molecule has 0 unspecified atom stereocenters. The van der Waals surface area contributed by atoms with Gasteiger partial charge in [-0.2, -0.15) is 0 Å². The van der Waals surface area contributed by atoms with Gasteiger partial charge in [0.05, 0.1) is 6.61 Å². The molecule has 0 aromatic heterocycles. The maximum absolute atomic E-state index is 11.3. The van der Waals surface area contributed by atoms with Crippen LogP contribution < -0.4 is 16.0 Å². The topological polar surface area (TPSA) is 105 Å². The molecule has 0 aliphatic carbocycles. The Kier molecular flexibility index (Phi) is 8.05. The van der Waals surface area contributed by atoms with Crippen LogP contribution in [0.4, 0.5) is 11.4 Å². The molecule has 1 aromatic rings. The van der Waals surface area contributed by atoms with Crippen molar-refractivity contribution >= 4 is 23.3 Å². The first-order valence-corrected chi connectivity index (χ1v) is 8.01.